The van der Waals surface area contributed by atoms with Crippen LogP contribution < -0.4 is 5.32 Å². The summed E-state index contributed by atoms with van der Waals surface area (Å²) in [4.78, 5) is 0. The molecule has 17 heavy (non-hydrogen) atoms. The first-order chi connectivity index (χ1) is 7.81. The Hall–Kier alpha value is -0.280. The van der Waals surface area contributed by atoms with E-state index in [1.165, 1.54) is 0 Å². The van der Waals surface area contributed by atoms with Crippen LogP contribution in [0.1, 0.15) is 32.4 Å². The highest BCUT2D eigenvalue weighted by molar-refractivity contribution is 6.34. The fraction of sp³-hybridized carbons (Fsp3) is 0.538. The Balaban J connectivity index is 2.79. The molecule has 0 aliphatic heterocycles. The molecule has 1 N–H and O–H groups in total. The highest BCUT2D eigenvalue weighted by Crippen LogP contribution is 2.25. The molecule has 0 aliphatic carbocycles. The van der Waals surface area contributed by atoms with E-state index in [-0.39, 0.29) is 11.6 Å². The molecule has 0 spiro atoms. The van der Waals surface area contributed by atoms with Crippen molar-refractivity contribution >= 4 is 23.2 Å². The lowest BCUT2D eigenvalue weighted by atomic mass is 10.1. The minimum absolute atomic E-state index is 0.0505. The maximum atomic E-state index is 5.98. The Bertz CT molecular complexity index is 354. The van der Waals surface area contributed by atoms with Gasteiger partial charge in [0.1, 0.15) is 0 Å². The molecule has 0 heterocycles. The number of hydrogen-bond acceptors (Lipinski definition) is 2. The monoisotopic (exact) mass is 275 g/mol. The molecule has 0 aliphatic rings. The van der Waals surface area contributed by atoms with E-state index >= 15 is 0 Å². The number of rotatable bonds is 4. The molecule has 1 aromatic carbocycles. The van der Waals surface area contributed by atoms with E-state index in [9.17, 15) is 0 Å². The van der Waals surface area contributed by atoms with Gasteiger partial charge in [0.05, 0.1) is 6.10 Å². The summed E-state index contributed by atoms with van der Waals surface area (Å²) in [6.07, 6.45) is -0.0505. The summed E-state index contributed by atoms with van der Waals surface area (Å²) in [7, 11) is 1.68. The first-order valence-corrected chi connectivity index (χ1v) is 6.31. The van der Waals surface area contributed by atoms with Gasteiger partial charge in [-0.05, 0) is 44.5 Å². The van der Waals surface area contributed by atoms with Gasteiger partial charge in [-0.3, -0.25) is 0 Å². The van der Waals surface area contributed by atoms with Gasteiger partial charge in [0.25, 0.3) is 0 Å². The van der Waals surface area contributed by atoms with E-state index in [0.29, 0.717) is 10.0 Å². The van der Waals surface area contributed by atoms with Crippen molar-refractivity contribution in [3.8, 4) is 0 Å². The van der Waals surface area contributed by atoms with Crippen molar-refractivity contribution < 1.29 is 4.74 Å². The summed E-state index contributed by atoms with van der Waals surface area (Å²) >= 11 is 12.0. The van der Waals surface area contributed by atoms with Crippen LogP contribution in [0, 0.1) is 0 Å². The second kappa shape index (κ2) is 6.05. The van der Waals surface area contributed by atoms with Crippen molar-refractivity contribution in [1.82, 2.24) is 5.32 Å². The molecular weight excluding hydrogens is 257 g/mol. The first kappa shape index (κ1) is 14.8. The van der Waals surface area contributed by atoms with Crippen LogP contribution in [0.15, 0.2) is 18.2 Å². The fourth-order valence-corrected chi connectivity index (χ4v) is 2.04. The molecule has 4 heteroatoms. The van der Waals surface area contributed by atoms with E-state index in [4.69, 9.17) is 27.9 Å². The van der Waals surface area contributed by atoms with Crippen LogP contribution in [0.4, 0.5) is 0 Å². The lowest BCUT2D eigenvalue weighted by molar-refractivity contribution is 0.0959. The standard InChI is InChI=1S/C13H19Cl2NO/c1-13(2,3)16-8-12(17-4)9-5-10(14)7-11(15)6-9/h5-7,12,16H,8H2,1-4H3. The molecule has 0 bridgehead atoms. The molecule has 0 amide bonds. The van der Waals surface area contributed by atoms with Crippen LogP contribution >= 0.6 is 23.2 Å². The van der Waals surface area contributed by atoms with Gasteiger partial charge in [-0.2, -0.15) is 0 Å². The Morgan fingerprint density at radius 3 is 2.12 bits per heavy atom. The van der Waals surface area contributed by atoms with Crippen molar-refractivity contribution in [1.29, 1.82) is 0 Å². The van der Waals surface area contributed by atoms with E-state index in [1.807, 2.05) is 12.1 Å². The summed E-state index contributed by atoms with van der Waals surface area (Å²) in [6.45, 7) is 7.07. The second-order valence-corrected chi connectivity index (χ2v) is 5.93. The van der Waals surface area contributed by atoms with Crippen LogP contribution in [0.2, 0.25) is 10.0 Å². The van der Waals surface area contributed by atoms with Crippen molar-refractivity contribution in [2.75, 3.05) is 13.7 Å². The average molecular weight is 276 g/mol. The Morgan fingerprint density at radius 1 is 1.18 bits per heavy atom. The lowest BCUT2D eigenvalue weighted by Crippen LogP contribution is -2.38. The molecule has 0 fully saturated rings. The lowest BCUT2D eigenvalue weighted by Gasteiger charge is -2.25. The molecule has 0 saturated heterocycles. The zero-order chi connectivity index (χ0) is 13.1. The smallest absolute Gasteiger partial charge is 0.0946 e. The van der Waals surface area contributed by atoms with Crippen LogP contribution in [0.3, 0.4) is 0 Å². The molecule has 0 aromatic heterocycles. The van der Waals surface area contributed by atoms with Crippen LogP contribution in [0.25, 0.3) is 0 Å². The minimum atomic E-state index is -0.0505. The Kier molecular flexibility index (Phi) is 5.26. The second-order valence-electron chi connectivity index (χ2n) is 5.06. The molecule has 0 radical (unpaired) electrons. The van der Waals surface area contributed by atoms with Gasteiger partial charge in [0.15, 0.2) is 0 Å². The summed E-state index contributed by atoms with van der Waals surface area (Å²) in [6, 6.07) is 5.48. The zero-order valence-electron chi connectivity index (χ0n) is 10.7. The molecule has 2 nitrogen and oxygen atoms in total. The average Bonchev–Trinajstić information content (AvgIpc) is 2.15. The largest absolute Gasteiger partial charge is 0.375 e. The summed E-state index contributed by atoms with van der Waals surface area (Å²) in [5, 5.41) is 4.66. The Labute approximate surface area is 113 Å². The first-order valence-electron chi connectivity index (χ1n) is 5.55. The number of methoxy groups -OCH3 is 1. The van der Waals surface area contributed by atoms with Gasteiger partial charge in [-0.25, -0.2) is 0 Å². The normalized spacial score (nSPS) is 13.8. The third kappa shape index (κ3) is 5.26. The van der Waals surface area contributed by atoms with Crippen LogP contribution in [-0.2, 0) is 4.74 Å². The molecule has 1 aromatic rings. The van der Waals surface area contributed by atoms with Gasteiger partial charge in [-0.15, -0.1) is 0 Å². The van der Waals surface area contributed by atoms with E-state index < -0.39 is 0 Å². The SMILES string of the molecule is COC(CNC(C)(C)C)c1cc(Cl)cc(Cl)c1. The van der Waals surface area contributed by atoms with Crippen molar-refractivity contribution in [3.63, 3.8) is 0 Å². The van der Waals surface area contributed by atoms with E-state index in [2.05, 4.69) is 26.1 Å². The topological polar surface area (TPSA) is 21.3 Å². The van der Waals surface area contributed by atoms with Gasteiger partial charge in [0, 0.05) is 29.2 Å². The van der Waals surface area contributed by atoms with Gasteiger partial charge < -0.3 is 10.1 Å². The van der Waals surface area contributed by atoms with Crippen molar-refractivity contribution in [3.05, 3.63) is 33.8 Å². The quantitative estimate of drug-likeness (QED) is 0.895. The predicted octanol–water partition coefficient (Wildman–Crippen LogP) is 4.07. The molecule has 1 rings (SSSR count). The maximum absolute atomic E-state index is 5.98. The molecule has 1 atom stereocenters. The zero-order valence-corrected chi connectivity index (χ0v) is 12.2. The van der Waals surface area contributed by atoms with E-state index in [0.717, 1.165) is 12.1 Å². The summed E-state index contributed by atoms with van der Waals surface area (Å²) < 4.78 is 5.46. The van der Waals surface area contributed by atoms with Crippen molar-refractivity contribution in [2.24, 2.45) is 0 Å². The third-order valence-electron chi connectivity index (χ3n) is 2.36. The molecule has 1 unspecified atom stereocenters. The predicted molar refractivity (Wildman–Crippen MR) is 74.0 cm³/mol. The highest BCUT2D eigenvalue weighted by atomic mass is 35.5. The third-order valence-corrected chi connectivity index (χ3v) is 2.80. The fourth-order valence-electron chi connectivity index (χ4n) is 1.50. The molecule has 0 saturated carbocycles. The summed E-state index contributed by atoms with van der Waals surface area (Å²) in [5.41, 5.74) is 1.04. The Morgan fingerprint density at radius 2 is 1.71 bits per heavy atom. The van der Waals surface area contributed by atoms with E-state index in [1.54, 1.807) is 13.2 Å². The summed E-state index contributed by atoms with van der Waals surface area (Å²) in [5.74, 6) is 0. The molecular formula is C13H19Cl2NO. The minimum Gasteiger partial charge on any atom is -0.375 e. The van der Waals surface area contributed by atoms with Gasteiger partial charge in [-0.1, -0.05) is 23.2 Å². The van der Waals surface area contributed by atoms with Crippen LogP contribution in [-0.4, -0.2) is 19.2 Å². The van der Waals surface area contributed by atoms with Gasteiger partial charge in [0.2, 0.25) is 0 Å². The maximum Gasteiger partial charge on any atom is 0.0946 e. The van der Waals surface area contributed by atoms with Crippen LogP contribution in [0.5, 0.6) is 0 Å². The number of nitrogens with one attached hydrogen (secondary N) is 1. The molecule has 96 valence electrons. The number of ether oxygens (including phenoxy) is 1. The highest BCUT2D eigenvalue weighted by Gasteiger charge is 2.16. The number of halogens is 2. The van der Waals surface area contributed by atoms with Crippen molar-refractivity contribution in [2.45, 2.75) is 32.4 Å². The van der Waals surface area contributed by atoms with Gasteiger partial charge >= 0.3 is 0 Å². The number of benzene rings is 1. The number of hydrogen-bond donors (Lipinski definition) is 1.